The van der Waals surface area contributed by atoms with Crippen molar-refractivity contribution in [3.8, 4) is 0 Å². The third-order valence-electron chi connectivity index (χ3n) is 5.30. The Morgan fingerprint density at radius 2 is 1.88 bits per heavy atom. The maximum absolute atomic E-state index is 13.4. The van der Waals surface area contributed by atoms with Gasteiger partial charge in [0.15, 0.2) is 9.84 Å². The Labute approximate surface area is 186 Å². The lowest BCUT2D eigenvalue weighted by Crippen LogP contribution is -2.28. The molecule has 0 radical (unpaired) electrons. The van der Waals surface area contributed by atoms with Crippen LogP contribution in [-0.4, -0.2) is 36.5 Å². The van der Waals surface area contributed by atoms with Crippen molar-refractivity contribution >= 4 is 28.2 Å². The van der Waals surface area contributed by atoms with Crippen LogP contribution in [0.1, 0.15) is 47.9 Å². The molecule has 2 aromatic carbocycles. The van der Waals surface area contributed by atoms with Crippen LogP contribution in [-0.2, 0) is 50.9 Å². The minimum Gasteiger partial charge on any atom is -0.425 e. The highest BCUT2D eigenvalue weighted by atomic mass is 32.2. The number of benzene rings is 2. The predicted molar refractivity (Wildman–Crippen MR) is 117 cm³/mol. The smallest absolute Gasteiger partial charge is 0.425 e. The first-order valence-electron chi connectivity index (χ1n) is 10.3. The van der Waals surface area contributed by atoms with Gasteiger partial charge in [0.2, 0.25) is 11.8 Å². The minimum absolute atomic E-state index is 0.0171. The second kappa shape index (κ2) is 8.97. The summed E-state index contributed by atoms with van der Waals surface area (Å²) in [6.45, 7) is 3.68. The molecule has 10 heteroatoms. The summed E-state index contributed by atoms with van der Waals surface area (Å²) in [7, 11) is -4.78. The molecule has 0 saturated heterocycles. The minimum atomic E-state index is -3.74. The average molecular weight is 454 g/mol. The maximum atomic E-state index is 13.4. The Morgan fingerprint density at radius 1 is 1.12 bits per heavy atom. The van der Waals surface area contributed by atoms with E-state index in [1.165, 1.54) is 13.0 Å². The fourth-order valence-electron chi connectivity index (χ4n) is 3.79. The Morgan fingerprint density at radius 3 is 2.59 bits per heavy atom. The van der Waals surface area contributed by atoms with Crippen molar-refractivity contribution in [1.29, 1.82) is 0 Å². The highest BCUT2D eigenvalue weighted by Gasteiger charge is 2.28. The van der Waals surface area contributed by atoms with Crippen LogP contribution < -0.4 is 5.46 Å². The molecule has 0 amide bonds. The highest BCUT2D eigenvalue weighted by molar-refractivity contribution is 7.90. The molecule has 2 heterocycles. The number of rotatable bonds is 8. The number of carbonyl (C=O) groups excluding carboxylic acids is 1. The number of hydrogen-bond donors (Lipinski definition) is 1. The summed E-state index contributed by atoms with van der Waals surface area (Å²) in [5, 5.41) is 17.9. The van der Waals surface area contributed by atoms with Gasteiger partial charge in [-0.1, -0.05) is 37.3 Å². The SMILES string of the molecule is CCc1nnc(Cc2cc(CC(C)=O)ccc2S(=O)(=O)Cc2ccc3c(c2)B(O)OC3)o1. The Balaban J connectivity index is 1.68. The summed E-state index contributed by atoms with van der Waals surface area (Å²) in [6, 6.07) is 10.1. The van der Waals surface area contributed by atoms with E-state index < -0.39 is 17.0 Å². The fraction of sp³-hybridized carbons (Fsp3) is 0.318. The number of ketones is 1. The summed E-state index contributed by atoms with van der Waals surface area (Å²) < 4.78 is 37.5. The molecule has 32 heavy (non-hydrogen) atoms. The van der Waals surface area contributed by atoms with Crippen LogP contribution in [0.15, 0.2) is 45.7 Å². The van der Waals surface area contributed by atoms with Crippen molar-refractivity contribution < 1.29 is 27.3 Å². The molecule has 4 rings (SSSR count). The summed E-state index contributed by atoms with van der Waals surface area (Å²) in [5.41, 5.74) is 3.21. The van der Waals surface area contributed by atoms with Gasteiger partial charge in [0.05, 0.1) is 23.7 Å². The van der Waals surface area contributed by atoms with Gasteiger partial charge in [0, 0.05) is 12.8 Å². The van der Waals surface area contributed by atoms with Gasteiger partial charge in [-0.25, -0.2) is 8.42 Å². The molecule has 166 valence electrons. The zero-order valence-electron chi connectivity index (χ0n) is 17.9. The number of aromatic nitrogens is 2. The summed E-state index contributed by atoms with van der Waals surface area (Å²) in [4.78, 5) is 11.7. The third kappa shape index (κ3) is 4.82. The number of nitrogens with zero attached hydrogens (tertiary/aromatic N) is 2. The first-order chi connectivity index (χ1) is 15.2. The van der Waals surface area contributed by atoms with Crippen LogP contribution in [0.25, 0.3) is 0 Å². The monoisotopic (exact) mass is 454 g/mol. The number of sulfone groups is 1. The van der Waals surface area contributed by atoms with Gasteiger partial charge in [0.1, 0.15) is 5.78 Å². The number of Topliss-reactive ketones (excluding diaryl/α,β-unsaturated/α-hetero) is 1. The molecule has 1 N–H and O–H groups in total. The van der Waals surface area contributed by atoms with E-state index in [0.29, 0.717) is 41.4 Å². The molecule has 8 nitrogen and oxygen atoms in total. The molecule has 0 aliphatic carbocycles. The number of fused-ring (bicyclic) bond motifs is 1. The number of hydrogen-bond acceptors (Lipinski definition) is 8. The van der Waals surface area contributed by atoms with Gasteiger partial charge in [-0.15, -0.1) is 10.2 Å². The quantitative estimate of drug-likeness (QED) is 0.509. The lowest BCUT2D eigenvalue weighted by molar-refractivity contribution is -0.116. The fourth-order valence-corrected chi connectivity index (χ4v) is 5.37. The van der Waals surface area contributed by atoms with Crippen molar-refractivity contribution in [2.75, 3.05) is 0 Å². The third-order valence-corrected chi connectivity index (χ3v) is 7.08. The van der Waals surface area contributed by atoms with E-state index in [4.69, 9.17) is 9.07 Å². The molecule has 0 unspecified atom stereocenters. The first kappa shape index (κ1) is 22.4. The van der Waals surface area contributed by atoms with Gasteiger partial charge < -0.3 is 14.1 Å². The molecule has 0 bridgehead atoms. The van der Waals surface area contributed by atoms with Crippen molar-refractivity contribution in [2.24, 2.45) is 0 Å². The summed E-state index contributed by atoms with van der Waals surface area (Å²) >= 11 is 0. The largest absolute Gasteiger partial charge is 0.491 e. The zero-order valence-corrected chi connectivity index (χ0v) is 18.7. The lowest BCUT2D eigenvalue weighted by atomic mass is 9.79. The van der Waals surface area contributed by atoms with Crippen molar-refractivity contribution in [3.05, 3.63) is 70.4 Å². The summed E-state index contributed by atoms with van der Waals surface area (Å²) in [6.07, 6.45) is 0.931. The molecular weight excluding hydrogens is 431 g/mol. The standard InChI is InChI=1S/C22H23BN2O6S/c1-3-21-24-25-22(31-21)11-18-9-15(8-14(2)26)5-7-20(18)32(28,29)13-16-4-6-17-12-30-23(27)19(17)10-16/h4-7,9-10,27H,3,8,11-13H2,1-2H3. The first-order valence-corrected chi connectivity index (χ1v) is 12.0. The summed E-state index contributed by atoms with van der Waals surface area (Å²) in [5.74, 6) is 0.534. The highest BCUT2D eigenvalue weighted by Crippen LogP contribution is 2.25. The Kier molecular flexibility index (Phi) is 6.27. The van der Waals surface area contributed by atoms with Crippen LogP contribution in [0.4, 0.5) is 0 Å². The number of carbonyl (C=O) groups is 1. The van der Waals surface area contributed by atoms with Crippen LogP contribution in [0.2, 0.25) is 0 Å². The van der Waals surface area contributed by atoms with E-state index >= 15 is 0 Å². The molecular formula is C22H23BN2O6S. The molecule has 1 aromatic heterocycles. The Hall–Kier alpha value is -2.82. The second-order valence-electron chi connectivity index (χ2n) is 7.90. The Bertz CT molecular complexity index is 1270. The topological polar surface area (TPSA) is 120 Å². The van der Waals surface area contributed by atoms with E-state index in [1.807, 2.05) is 6.92 Å². The molecule has 1 aliphatic heterocycles. The predicted octanol–water partition coefficient (Wildman–Crippen LogP) is 1.55. The van der Waals surface area contributed by atoms with Gasteiger partial charge in [-0.05, 0) is 40.7 Å². The van der Waals surface area contributed by atoms with E-state index in [2.05, 4.69) is 10.2 Å². The van der Waals surface area contributed by atoms with Crippen LogP contribution in [0, 0.1) is 0 Å². The lowest BCUT2D eigenvalue weighted by Gasteiger charge is -2.12. The van der Waals surface area contributed by atoms with Crippen LogP contribution in [0.3, 0.4) is 0 Å². The van der Waals surface area contributed by atoms with E-state index in [-0.39, 0.29) is 29.3 Å². The van der Waals surface area contributed by atoms with Crippen molar-refractivity contribution in [3.63, 3.8) is 0 Å². The van der Waals surface area contributed by atoms with Gasteiger partial charge in [0.25, 0.3) is 0 Å². The van der Waals surface area contributed by atoms with Crippen molar-refractivity contribution in [2.45, 2.75) is 50.4 Å². The van der Waals surface area contributed by atoms with Gasteiger partial charge >= 0.3 is 7.12 Å². The van der Waals surface area contributed by atoms with Crippen LogP contribution in [0.5, 0.6) is 0 Å². The van der Waals surface area contributed by atoms with E-state index in [0.717, 1.165) is 11.1 Å². The molecule has 1 aliphatic rings. The van der Waals surface area contributed by atoms with E-state index in [9.17, 15) is 18.2 Å². The molecule has 0 fully saturated rings. The second-order valence-corrected chi connectivity index (χ2v) is 9.85. The zero-order chi connectivity index (χ0) is 22.9. The van der Waals surface area contributed by atoms with Gasteiger partial charge in [-0.2, -0.15) is 0 Å². The van der Waals surface area contributed by atoms with Gasteiger partial charge in [-0.3, -0.25) is 4.79 Å². The molecule has 0 spiro atoms. The average Bonchev–Trinajstić information content (AvgIpc) is 3.34. The van der Waals surface area contributed by atoms with Crippen LogP contribution >= 0.6 is 0 Å². The molecule has 0 atom stereocenters. The maximum Gasteiger partial charge on any atom is 0.491 e. The normalized spacial score (nSPS) is 13.4. The van der Waals surface area contributed by atoms with E-state index in [1.54, 1.807) is 30.3 Å². The molecule has 0 saturated carbocycles. The molecule has 3 aromatic rings. The number of aryl methyl sites for hydroxylation is 1. The van der Waals surface area contributed by atoms with Crippen molar-refractivity contribution in [1.82, 2.24) is 10.2 Å².